The van der Waals surface area contributed by atoms with E-state index in [1.807, 2.05) is 37.3 Å². The fourth-order valence-corrected chi connectivity index (χ4v) is 3.10. The Kier molecular flexibility index (Phi) is 7.49. The highest BCUT2D eigenvalue weighted by Gasteiger charge is 2.24. The van der Waals surface area contributed by atoms with E-state index in [0.717, 1.165) is 18.4 Å². The maximum absolute atomic E-state index is 12.5. The SMILES string of the molecule is CCCC(NC(=O)C(C)OC(=O)c1c(Cl)cccc1Cl)c1ccccc1. The van der Waals surface area contributed by atoms with Crippen LogP contribution in [-0.2, 0) is 9.53 Å². The topological polar surface area (TPSA) is 55.4 Å². The van der Waals surface area contributed by atoms with Crippen molar-refractivity contribution in [1.29, 1.82) is 0 Å². The van der Waals surface area contributed by atoms with Crippen LogP contribution in [0.3, 0.4) is 0 Å². The van der Waals surface area contributed by atoms with Crippen LogP contribution in [0.5, 0.6) is 0 Å². The molecule has 26 heavy (non-hydrogen) atoms. The number of esters is 1. The van der Waals surface area contributed by atoms with Crippen molar-refractivity contribution in [3.8, 4) is 0 Å². The highest BCUT2D eigenvalue weighted by molar-refractivity contribution is 6.39. The molecule has 1 N–H and O–H groups in total. The lowest BCUT2D eigenvalue weighted by Gasteiger charge is -2.21. The molecule has 0 saturated heterocycles. The van der Waals surface area contributed by atoms with Gasteiger partial charge in [-0.3, -0.25) is 4.79 Å². The Morgan fingerprint density at radius 2 is 1.65 bits per heavy atom. The Balaban J connectivity index is 2.05. The van der Waals surface area contributed by atoms with Crippen molar-refractivity contribution in [2.24, 2.45) is 0 Å². The first-order chi connectivity index (χ1) is 12.4. The summed E-state index contributed by atoms with van der Waals surface area (Å²) in [6.45, 7) is 3.57. The number of benzene rings is 2. The van der Waals surface area contributed by atoms with Crippen molar-refractivity contribution in [3.05, 3.63) is 69.7 Å². The molecule has 0 aliphatic heterocycles. The molecule has 2 aromatic rings. The van der Waals surface area contributed by atoms with Crippen LogP contribution in [0.2, 0.25) is 10.0 Å². The first-order valence-electron chi connectivity index (χ1n) is 8.44. The van der Waals surface area contributed by atoms with E-state index in [1.54, 1.807) is 18.2 Å². The van der Waals surface area contributed by atoms with Gasteiger partial charge in [0, 0.05) is 0 Å². The van der Waals surface area contributed by atoms with E-state index in [-0.39, 0.29) is 27.6 Å². The van der Waals surface area contributed by atoms with Gasteiger partial charge in [-0.05, 0) is 31.0 Å². The molecule has 0 heterocycles. The Labute approximate surface area is 163 Å². The zero-order valence-electron chi connectivity index (χ0n) is 14.7. The molecule has 0 radical (unpaired) electrons. The van der Waals surface area contributed by atoms with Gasteiger partial charge in [0.2, 0.25) is 0 Å². The minimum absolute atomic E-state index is 0.0589. The average Bonchev–Trinajstić information content (AvgIpc) is 2.61. The van der Waals surface area contributed by atoms with Crippen molar-refractivity contribution in [1.82, 2.24) is 5.32 Å². The third-order valence-electron chi connectivity index (χ3n) is 3.92. The zero-order chi connectivity index (χ0) is 19.1. The normalized spacial score (nSPS) is 12.9. The number of nitrogens with one attached hydrogen (secondary N) is 1. The van der Waals surface area contributed by atoms with Gasteiger partial charge in [-0.15, -0.1) is 0 Å². The summed E-state index contributed by atoms with van der Waals surface area (Å²) in [5, 5.41) is 3.31. The summed E-state index contributed by atoms with van der Waals surface area (Å²) in [4.78, 5) is 24.8. The number of hydrogen-bond acceptors (Lipinski definition) is 3. The molecule has 0 aliphatic rings. The number of carbonyl (C=O) groups is 2. The van der Waals surface area contributed by atoms with Gasteiger partial charge < -0.3 is 10.1 Å². The average molecular weight is 394 g/mol. The second-order valence-electron chi connectivity index (χ2n) is 5.90. The number of hydrogen-bond donors (Lipinski definition) is 1. The van der Waals surface area contributed by atoms with Gasteiger partial charge in [0.15, 0.2) is 6.10 Å². The van der Waals surface area contributed by atoms with Crippen LogP contribution in [0, 0.1) is 0 Å². The van der Waals surface area contributed by atoms with E-state index in [4.69, 9.17) is 27.9 Å². The lowest BCUT2D eigenvalue weighted by Crippen LogP contribution is -2.38. The standard InChI is InChI=1S/C20H21Cl2NO3/c1-3-8-17(14-9-5-4-6-10-14)23-19(24)13(2)26-20(25)18-15(21)11-7-12-16(18)22/h4-7,9-13,17H,3,8H2,1-2H3,(H,23,24). The lowest BCUT2D eigenvalue weighted by atomic mass is 10.0. The van der Waals surface area contributed by atoms with Gasteiger partial charge in [0.25, 0.3) is 5.91 Å². The van der Waals surface area contributed by atoms with Crippen molar-refractivity contribution >= 4 is 35.1 Å². The summed E-state index contributed by atoms with van der Waals surface area (Å²) in [5.41, 5.74) is 1.07. The molecule has 0 aromatic heterocycles. The van der Waals surface area contributed by atoms with Gasteiger partial charge >= 0.3 is 5.97 Å². The fraction of sp³-hybridized carbons (Fsp3) is 0.300. The van der Waals surface area contributed by atoms with Crippen LogP contribution in [0.4, 0.5) is 0 Å². The summed E-state index contributed by atoms with van der Waals surface area (Å²) in [6.07, 6.45) is 0.716. The number of amides is 1. The molecule has 2 atom stereocenters. The third kappa shape index (κ3) is 5.23. The second-order valence-corrected chi connectivity index (χ2v) is 6.72. The smallest absolute Gasteiger partial charge is 0.341 e. The first kappa shape index (κ1) is 20.3. The molecule has 2 aromatic carbocycles. The third-order valence-corrected chi connectivity index (χ3v) is 4.55. The van der Waals surface area contributed by atoms with E-state index in [9.17, 15) is 9.59 Å². The largest absolute Gasteiger partial charge is 0.449 e. The monoisotopic (exact) mass is 393 g/mol. The lowest BCUT2D eigenvalue weighted by molar-refractivity contribution is -0.129. The maximum Gasteiger partial charge on any atom is 0.341 e. The first-order valence-corrected chi connectivity index (χ1v) is 9.20. The highest BCUT2D eigenvalue weighted by Crippen LogP contribution is 2.25. The van der Waals surface area contributed by atoms with Crippen molar-refractivity contribution in [3.63, 3.8) is 0 Å². The summed E-state index contributed by atoms with van der Waals surface area (Å²) in [6, 6.07) is 14.3. The molecule has 2 unspecified atom stereocenters. The predicted molar refractivity (Wildman–Crippen MR) is 104 cm³/mol. The Morgan fingerprint density at radius 1 is 1.04 bits per heavy atom. The number of halogens is 2. The molecule has 2 rings (SSSR count). The van der Waals surface area contributed by atoms with Crippen molar-refractivity contribution in [2.75, 3.05) is 0 Å². The molecule has 0 aliphatic carbocycles. The minimum atomic E-state index is -0.974. The van der Waals surface area contributed by atoms with E-state index in [0.29, 0.717) is 0 Å². The molecule has 6 heteroatoms. The van der Waals surface area contributed by atoms with Gasteiger partial charge in [-0.25, -0.2) is 4.79 Å². The van der Waals surface area contributed by atoms with Crippen LogP contribution >= 0.6 is 23.2 Å². The summed E-state index contributed by atoms with van der Waals surface area (Å²) < 4.78 is 5.25. The number of carbonyl (C=O) groups excluding carboxylic acids is 2. The molecule has 4 nitrogen and oxygen atoms in total. The molecule has 138 valence electrons. The van der Waals surface area contributed by atoms with Crippen LogP contribution in [0.1, 0.15) is 48.7 Å². The molecule has 0 spiro atoms. The van der Waals surface area contributed by atoms with Gasteiger partial charge in [-0.1, -0.05) is 72.9 Å². The van der Waals surface area contributed by atoms with E-state index >= 15 is 0 Å². The maximum atomic E-state index is 12.5. The number of ether oxygens (including phenoxy) is 1. The van der Waals surface area contributed by atoms with Gasteiger partial charge in [-0.2, -0.15) is 0 Å². The van der Waals surface area contributed by atoms with Crippen molar-refractivity contribution < 1.29 is 14.3 Å². The molecule has 0 fully saturated rings. The van der Waals surface area contributed by atoms with E-state index in [1.165, 1.54) is 6.92 Å². The quantitative estimate of drug-likeness (QED) is 0.657. The van der Waals surface area contributed by atoms with Gasteiger partial charge in [0.1, 0.15) is 0 Å². The highest BCUT2D eigenvalue weighted by atomic mass is 35.5. The summed E-state index contributed by atoms with van der Waals surface area (Å²) in [5.74, 6) is -1.10. The minimum Gasteiger partial charge on any atom is -0.449 e. The second kappa shape index (κ2) is 9.60. The Morgan fingerprint density at radius 3 is 2.23 bits per heavy atom. The van der Waals surface area contributed by atoms with Crippen molar-refractivity contribution in [2.45, 2.75) is 38.8 Å². The predicted octanol–water partition coefficient (Wildman–Crippen LogP) is 5.20. The molecular weight excluding hydrogens is 373 g/mol. The molecular formula is C20H21Cl2NO3. The molecule has 0 bridgehead atoms. The molecule has 0 saturated carbocycles. The van der Waals surface area contributed by atoms with E-state index in [2.05, 4.69) is 5.32 Å². The van der Waals surface area contributed by atoms with Crippen LogP contribution in [-0.4, -0.2) is 18.0 Å². The van der Waals surface area contributed by atoms with Crippen LogP contribution < -0.4 is 5.32 Å². The summed E-state index contributed by atoms with van der Waals surface area (Å²) in [7, 11) is 0. The zero-order valence-corrected chi connectivity index (χ0v) is 16.2. The number of rotatable bonds is 7. The molecule has 1 amide bonds. The van der Waals surface area contributed by atoms with Crippen LogP contribution in [0.25, 0.3) is 0 Å². The van der Waals surface area contributed by atoms with E-state index < -0.39 is 12.1 Å². The fourth-order valence-electron chi connectivity index (χ4n) is 2.55. The summed E-state index contributed by atoms with van der Waals surface area (Å²) >= 11 is 12.0. The Bertz CT molecular complexity index is 745. The Hall–Kier alpha value is -2.04. The van der Waals surface area contributed by atoms with Crippen LogP contribution in [0.15, 0.2) is 48.5 Å². The van der Waals surface area contributed by atoms with Gasteiger partial charge in [0.05, 0.1) is 21.7 Å².